The summed E-state index contributed by atoms with van der Waals surface area (Å²) in [5.41, 5.74) is 0.605. The van der Waals surface area contributed by atoms with Gasteiger partial charge in [0.2, 0.25) is 11.8 Å². The van der Waals surface area contributed by atoms with Crippen LogP contribution in [0.5, 0.6) is 17.2 Å². The third-order valence-electron chi connectivity index (χ3n) is 16.3. The van der Waals surface area contributed by atoms with E-state index in [0.29, 0.717) is 53.0 Å². The van der Waals surface area contributed by atoms with E-state index in [9.17, 15) is 15.0 Å². The first-order chi connectivity index (χ1) is 37.8. The number of carbonyl (C=O) groups excluding carboxylic acids is 5. The minimum Gasteiger partial charge on any atom is -0.493 e. The Balaban J connectivity index is 1.29. The zero-order chi connectivity index (χ0) is 54.9. The minimum atomic E-state index is -2.21. The summed E-state index contributed by atoms with van der Waals surface area (Å²) in [5.74, 6) is 2.61. The highest BCUT2D eigenvalue weighted by atomic mass is 16.6. The van der Waals surface area contributed by atoms with Crippen LogP contribution in [-0.4, -0.2) is 109 Å². The normalized spacial score (nSPS) is 23.7. The number of esters is 2. The smallest absolute Gasteiger partial charge is 0.329 e. The number of methoxy groups -OCH3 is 3. The van der Waals surface area contributed by atoms with Gasteiger partial charge in [-0.05, 0) is 102 Å². The first kappa shape index (κ1) is 53.7. The molecular weight excluding hydrogens is 993 g/mol. The topological polar surface area (TPSA) is 194 Å². The van der Waals surface area contributed by atoms with Crippen LogP contribution in [0.15, 0.2) is 115 Å². The molecule has 78 heavy (non-hydrogen) atoms. The minimum absolute atomic E-state index is 0.0586. The van der Waals surface area contributed by atoms with Crippen LogP contribution in [0.3, 0.4) is 0 Å². The number of hydrogen-bond donors (Lipinski definition) is 3. The van der Waals surface area contributed by atoms with Gasteiger partial charge in [0, 0.05) is 24.2 Å². The first-order valence-electron chi connectivity index (χ1n) is 26.8. The summed E-state index contributed by atoms with van der Waals surface area (Å²) < 4.78 is 29.7. The van der Waals surface area contributed by atoms with E-state index in [-0.39, 0.29) is 43.3 Å². The van der Waals surface area contributed by atoms with Crippen molar-refractivity contribution in [3.05, 3.63) is 154 Å². The second-order valence-corrected chi connectivity index (χ2v) is 21.1. The lowest BCUT2D eigenvalue weighted by Crippen LogP contribution is -2.58. The molecule has 5 aliphatic rings. The van der Waals surface area contributed by atoms with Crippen LogP contribution in [0.1, 0.15) is 110 Å². The zero-order valence-electron chi connectivity index (χ0n) is 44.6. The number of aliphatic hydroxyl groups is 2. The Labute approximate surface area is 454 Å². The number of aliphatic hydroxyl groups excluding tert-OH is 1. The number of imide groups is 1. The summed E-state index contributed by atoms with van der Waals surface area (Å²) >= 11 is 0. The molecular formula is C62H66N4O12. The maximum absolute atomic E-state index is 17.1. The Morgan fingerprint density at radius 1 is 0.795 bits per heavy atom. The van der Waals surface area contributed by atoms with Gasteiger partial charge in [0.25, 0.3) is 0 Å². The summed E-state index contributed by atoms with van der Waals surface area (Å²) in [4.78, 5) is 83.2. The summed E-state index contributed by atoms with van der Waals surface area (Å²) in [7, 11) is 4.30. The number of morpholine rings is 1. The van der Waals surface area contributed by atoms with Crippen molar-refractivity contribution < 1.29 is 57.9 Å². The molecule has 16 heteroatoms. The third-order valence-corrected chi connectivity index (χ3v) is 16.3. The van der Waals surface area contributed by atoms with Crippen LogP contribution in [0.2, 0.25) is 0 Å². The van der Waals surface area contributed by atoms with Crippen LogP contribution in [0.4, 0.5) is 10.5 Å². The van der Waals surface area contributed by atoms with Crippen LogP contribution in [0.25, 0.3) is 0 Å². The highest BCUT2D eigenvalue weighted by Crippen LogP contribution is 2.67. The standard InChI is InChI=1S/C62H66N4O12/c1-38(2)51(57(69)76-5)63-60(72)65-46-25-24-39(26-30-61(73)28-16-6-7-17-29-61)34-45(46)62(59(65)71)50(56(68)64-31-27-42-35-48(74-3)49(75-4)36-43(42)37-64)53-58(70)78-54(41-20-12-9-13-21-41)52(40-18-10-8-11-19-40)66(53)55(62)44-22-14-15-23-47(44)77-33-32-67/h8-15,18-25,34-36,38,50-55,67,73H,6-7,16-17,27-29,31-33,37H2,1-5H3,(H,63,72)/t50-,51-,52-,53-,54+,55+,62-/m0/s1. The fourth-order valence-corrected chi connectivity index (χ4v) is 12.6. The van der Waals surface area contributed by atoms with Crippen molar-refractivity contribution in [2.75, 3.05) is 46.0 Å². The molecule has 10 rings (SSSR count). The van der Waals surface area contributed by atoms with E-state index in [2.05, 4.69) is 17.2 Å². The Hall–Kier alpha value is -7.71. The number of anilines is 1. The average molecular weight is 1060 g/mol. The van der Waals surface area contributed by atoms with Gasteiger partial charge in [-0.3, -0.25) is 19.3 Å². The van der Waals surface area contributed by atoms with Gasteiger partial charge in [0.15, 0.2) is 11.5 Å². The van der Waals surface area contributed by atoms with Gasteiger partial charge in [-0.25, -0.2) is 14.5 Å². The molecule has 5 aromatic carbocycles. The molecule has 4 aliphatic heterocycles. The predicted molar refractivity (Wildman–Crippen MR) is 288 cm³/mol. The molecule has 1 aliphatic carbocycles. The van der Waals surface area contributed by atoms with Gasteiger partial charge in [-0.15, -0.1) is 0 Å². The summed E-state index contributed by atoms with van der Waals surface area (Å²) in [6.07, 6.45) is 3.87. The molecule has 3 fully saturated rings. The Morgan fingerprint density at radius 2 is 1.45 bits per heavy atom. The first-order valence-corrected chi connectivity index (χ1v) is 26.8. The maximum atomic E-state index is 17.1. The Kier molecular flexibility index (Phi) is 15.4. The van der Waals surface area contributed by atoms with Crippen molar-refractivity contribution in [1.29, 1.82) is 0 Å². The van der Waals surface area contributed by atoms with E-state index >= 15 is 19.2 Å². The molecule has 0 aromatic heterocycles. The van der Waals surface area contributed by atoms with Crippen LogP contribution >= 0.6 is 0 Å². The van der Waals surface area contributed by atoms with Gasteiger partial charge < -0.3 is 44.1 Å². The van der Waals surface area contributed by atoms with E-state index in [4.69, 9.17) is 23.7 Å². The molecule has 0 bridgehead atoms. The number of nitrogens with zero attached hydrogens (tertiary/aromatic N) is 3. The number of cyclic esters (lactones) is 1. The van der Waals surface area contributed by atoms with Crippen molar-refractivity contribution in [1.82, 2.24) is 15.1 Å². The van der Waals surface area contributed by atoms with E-state index in [1.54, 1.807) is 68.3 Å². The molecule has 0 unspecified atom stereocenters. The molecule has 16 nitrogen and oxygen atoms in total. The van der Waals surface area contributed by atoms with E-state index in [1.807, 2.05) is 77.7 Å². The molecule has 0 radical (unpaired) electrons. The monoisotopic (exact) mass is 1060 g/mol. The van der Waals surface area contributed by atoms with Gasteiger partial charge in [-0.1, -0.05) is 117 Å². The van der Waals surface area contributed by atoms with Crippen molar-refractivity contribution in [2.24, 2.45) is 11.8 Å². The van der Waals surface area contributed by atoms with Gasteiger partial charge in [-0.2, -0.15) is 0 Å². The molecule has 2 saturated heterocycles. The summed E-state index contributed by atoms with van der Waals surface area (Å²) in [6, 6.07) is 28.6. The van der Waals surface area contributed by atoms with Crippen molar-refractivity contribution >= 4 is 35.5 Å². The van der Waals surface area contributed by atoms with Crippen molar-refractivity contribution in [3.8, 4) is 29.1 Å². The average Bonchev–Trinajstić information content (AvgIpc) is 2.73. The second kappa shape index (κ2) is 22.3. The lowest BCUT2D eigenvalue weighted by Gasteiger charge is -2.46. The summed E-state index contributed by atoms with van der Waals surface area (Å²) in [6.45, 7) is 3.20. The van der Waals surface area contributed by atoms with Crippen LogP contribution in [-0.2, 0) is 47.0 Å². The van der Waals surface area contributed by atoms with Crippen LogP contribution < -0.4 is 24.4 Å². The number of benzene rings is 5. The quantitative estimate of drug-likeness (QED) is 0.0627. The number of para-hydroxylation sites is 1. The van der Waals surface area contributed by atoms with Crippen molar-refractivity contribution in [3.63, 3.8) is 0 Å². The number of hydrogen-bond acceptors (Lipinski definition) is 13. The molecule has 4 heterocycles. The lowest BCUT2D eigenvalue weighted by atomic mass is 9.64. The molecule has 3 N–H and O–H groups in total. The second-order valence-electron chi connectivity index (χ2n) is 21.1. The van der Waals surface area contributed by atoms with E-state index < -0.39 is 82.9 Å². The largest absolute Gasteiger partial charge is 0.493 e. The molecule has 4 amide bonds. The van der Waals surface area contributed by atoms with E-state index in [1.165, 1.54) is 14.2 Å². The molecule has 1 saturated carbocycles. The Bertz CT molecular complexity index is 3150. The molecule has 7 atom stereocenters. The number of rotatable bonds is 12. The third kappa shape index (κ3) is 9.51. The summed E-state index contributed by atoms with van der Waals surface area (Å²) in [5, 5.41) is 25.0. The molecule has 1 spiro atoms. The van der Waals surface area contributed by atoms with Crippen LogP contribution in [0, 0.1) is 23.7 Å². The predicted octanol–water partition coefficient (Wildman–Crippen LogP) is 7.67. The lowest BCUT2D eigenvalue weighted by molar-refractivity contribution is -0.179. The van der Waals surface area contributed by atoms with Crippen molar-refractivity contribution in [2.45, 2.75) is 107 Å². The SMILES string of the molecule is COC(=O)[C@@H](NC(=O)N1C(=O)[C@@]2(c3cc(C#CC4(O)CCCCCC4)ccc31)[C@H](C(=O)N1CCc3cc(OC)c(OC)cc3C1)[C@H]1C(=O)O[C@H](c3ccccc3)[C@H](c3ccccc3)N1[C@@H]2c1ccccc1OCCO)C(C)C. The number of urea groups is 1. The highest BCUT2D eigenvalue weighted by molar-refractivity contribution is 6.25. The maximum Gasteiger partial charge on any atom is 0.329 e. The number of fused-ring (bicyclic) bond motifs is 4. The van der Waals surface area contributed by atoms with Gasteiger partial charge in [0.1, 0.15) is 41.6 Å². The number of carbonyl (C=O) groups is 5. The number of amides is 4. The Morgan fingerprint density at radius 3 is 2.10 bits per heavy atom. The molecule has 5 aromatic rings. The highest BCUT2D eigenvalue weighted by Gasteiger charge is 2.76. The van der Waals surface area contributed by atoms with E-state index in [0.717, 1.165) is 41.7 Å². The van der Waals surface area contributed by atoms with Gasteiger partial charge in [0.05, 0.1) is 51.6 Å². The van der Waals surface area contributed by atoms with Gasteiger partial charge >= 0.3 is 18.0 Å². The fourth-order valence-electron chi connectivity index (χ4n) is 12.6. The fraction of sp³-hybridized carbons (Fsp3) is 0.403. The number of ether oxygens (including phenoxy) is 5. The zero-order valence-corrected chi connectivity index (χ0v) is 44.6. The molecule has 406 valence electrons. The number of nitrogens with one attached hydrogen (secondary N) is 1.